The minimum Gasteiger partial charge on any atom is -0.453 e. The summed E-state index contributed by atoms with van der Waals surface area (Å²) in [5.41, 5.74) is 1.80. The molecule has 6 heteroatoms. The number of anilines is 1. The lowest BCUT2D eigenvalue weighted by molar-refractivity contribution is -0.121. The van der Waals surface area contributed by atoms with Gasteiger partial charge in [0, 0.05) is 17.8 Å². The molecule has 142 valence electrons. The van der Waals surface area contributed by atoms with Crippen LogP contribution in [0, 0.1) is 0 Å². The highest BCUT2D eigenvalue weighted by Gasteiger charge is 2.17. The highest BCUT2D eigenvalue weighted by Crippen LogP contribution is 2.22. The van der Waals surface area contributed by atoms with Crippen molar-refractivity contribution in [2.45, 2.75) is 6.92 Å². The van der Waals surface area contributed by atoms with E-state index in [0.717, 1.165) is 11.3 Å². The van der Waals surface area contributed by atoms with Gasteiger partial charge in [-0.1, -0.05) is 30.3 Å². The molecule has 0 aliphatic heterocycles. The third kappa shape index (κ3) is 4.35. The lowest BCUT2D eigenvalue weighted by Crippen LogP contribution is -2.34. The number of amides is 1. The third-order valence-corrected chi connectivity index (χ3v) is 4.16. The van der Waals surface area contributed by atoms with Gasteiger partial charge in [0.25, 0.3) is 5.91 Å². The number of hydrogen-bond donors (Lipinski definition) is 0. The molecule has 0 spiro atoms. The predicted molar refractivity (Wildman–Crippen MR) is 104 cm³/mol. The first-order valence-electron chi connectivity index (χ1n) is 8.80. The number of benzene rings is 2. The standard InChI is InChI=1S/C22H19NO5/c1-2-23(18-6-4-3-5-7-18)21(25)15-27-22(26)17-10-8-16(9-11-17)20-13-12-19(14-24)28-20/h3-14H,2,15H2,1H3. The van der Waals surface area contributed by atoms with Gasteiger partial charge < -0.3 is 14.1 Å². The first kappa shape index (κ1) is 19.1. The number of esters is 1. The Labute approximate surface area is 162 Å². The first-order valence-corrected chi connectivity index (χ1v) is 8.80. The van der Waals surface area contributed by atoms with E-state index in [4.69, 9.17) is 9.15 Å². The normalized spacial score (nSPS) is 10.3. The van der Waals surface area contributed by atoms with Crippen molar-refractivity contribution in [3.05, 3.63) is 78.1 Å². The Hall–Kier alpha value is -3.67. The summed E-state index contributed by atoms with van der Waals surface area (Å²) in [5, 5.41) is 0. The molecule has 1 amide bonds. The van der Waals surface area contributed by atoms with E-state index in [1.165, 1.54) is 0 Å². The van der Waals surface area contributed by atoms with Gasteiger partial charge in [-0.05, 0) is 43.3 Å². The van der Waals surface area contributed by atoms with Gasteiger partial charge in [-0.25, -0.2) is 4.79 Å². The summed E-state index contributed by atoms with van der Waals surface area (Å²) in [4.78, 5) is 36.9. The molecule has 28 heavy (non-hydrogen) atoms. The molecule has 0 radical (unpaired) electrons. The van der Waals surface area contributed by atoms with Crippen LogP contribution in [0.25, 0.3) is 11.3 Å². The number of likely N-dealkylation sites (N-methyl/N-ethyl adjacent to an activating group) is 1. The molecule has 1 heterocycles. The van der Waals surface area contributed by atoms with E-state index in [1.807, 2.05) is 37.3 Å². The Morgan fingerprint density at radius 2 is 1.71 bits per heavy atom. The number of ether oxygens (including phenoxy) is 1. The number of carbonyl (C=O) groups excluding carboxylic acids is 3. The number of rotatable bonds is 7. The maximum Gasteiger partial charge on any atom is 0.338 e. The summed E-state index contributed by atoms with van der Waals surface area (Å²) >= 11 is 0. The first-order chi connectivity index (χ1) is 13.6. The minimum absolute atomic E-state index is 0.232. The SMILES string of the molecule is CCN(C(=O)COC(=O)c1ccc(-c2ccc(C=O)o2)cc1)c1ccccc1. The quantitative estimate of drug-likeness (QED) is 0.460. The zero-order valence-corrected chi connectivity index (χ0v) is 15.3. The molecule has 0 aliphatic carbocycles. The topological polar surface area (TPSA) is 76.8 Å². The van der Waals surface area contributed by atoms with Gasteiger partial charge in [0.1, 0.15) is 5.76 Å². The molecule has 3 rings (SSSR count). The number of carbonyl (C=O) groups is 3. The molecule has 0 saturated carbocycles. The molecule has 2 aromatic carbocycles. The third-order valence-electron chi connectivity index (χ3n) is 4.16. The zero-order valence-electron chi connectivity index (χ0n) is 15.3. The second-order valence-corrected chi connectivity index (χ2v) is 5.95. The highest BCUT2D eigenvalue weighted by atomic mass is 16.5. The van der Waals surface area contributed by atoms with Crippen molar-refractivity contribution in [2.24, 2.45) is 0 Å². The van der Waals surface area contributed by atoms with E-state index >= 15 is 0 Å². The van der Waals surface area contributed by atoms with E-state index in [-0.39, 0.29) is 18.3 Å². The Kier molecular flexibility index (Phi) is 6.01. The second-order valence-electron chi connectivity index (χ2n) is 5.95. The largest absolute Gasteiger partial charge is 0.453 e. The molecule has 0 fully saturated rings. The fourth-order valence-corrected chi connectivity index (χ4v) is 2.74. The Morgan fingerprint density at radius 1 is 1.00 bits per heavy atom. The van der Waals surface area contributed by atoms with E-state index in [2.05, 4.69) is 0 Å². The van der Waals surface area contributed by atoms with Crippen molar-refractivity contribution in [2.75, 3.05) is 18.1 Å². The molecule has 1 aromatic heterocycles. The fourth-order valence-electron chi connectivity index (χ4n) is 2.74. The van der Waals surface area contributed by atoms with Gasteiger partial charge in [0.05, 0.1) is 5.56 Å². The number of hydrogen-bond acceptors (Lipinski definition) is 5. The van der Waals surface area contributed by atoms with Crippen molar-refractivity contribution < 1.29 is 23.5 Å². The van der Waals surface area contributed by atoms with Crippen LogP contribution in [-0.2, 0) is 9.53 Å². The average molecular weight is 377 g/mol. The van der Waals surface area contributed by atoms with E-state index in [1.54, 1.807) is 41.3 Å². The Balaban J connectivity index is 1.61. The van der Waals surface area contributed by atoms with Gasteiger partial charge in [0.2, 0.25) is 0 Å². The van der Waals surface area contributed by atoms with Crippen LogP contribution in [0.1, 0.15) is 27.8 Å². The maximum absolute atomic E-state index is 12.4. The summed E-state index contributed by atoms with van der Waals surface area (Å²) in [6.45, 7) is 1.99. The fraction of sp³-hybridized carbons (Fsp3) is 0.136. The van der Waals surface area contributed by atoms with Gasteiger partial charge in [-0.15, -0.1) is 0 Å². The van der Waals surface area contributed by atoms with Crippen molar-refractivity contribution in [3.63, 3.8) is 0 Å². The molecule has 0 N–H and O–H groups in total. The van der Waals surface area contributed by atoms with Crippen LogP contribution in [-0.4, -0.2) is 31.3 Å². The van der Waals surface area contributed by atoms with E-state index in [9.17, 15) is 14.4 Å². The number of para-hydroxylation sites is 1. The van der Waals surface area contributed by atoms with Gasteiger partial charge in [-0.3, -0.25) is 9.59 Å². The molecule has 0 saturated heterocycles. The van der Waals surface area contributed by atoms with Gasteiger partial charge in [0.15, 0.2) is 18.7 Å². The highest BCUT2D eigenvalue weighted by molar-refractivity contribution is 5.97. The molecule has 0 atom stereocenters. The van der Waals surface area contributed by atoms with Crippen LogP contribution >= 0.6 is 0 Å². The molecule has 0 bridgehead atoms. The van der Waals surface area contributed by atoms with Crippen LogP contribution in [0.3, 0.4) is 0 Å². The molecule has 0 unspecified atom stereocenters. The maximum atomic E-state index is 12.4. The lowest BCUT2D eigenvalue weighted by atomic mass is 10.1. The summed E-state index contributed by atoms with van der Waals surface area (Å²) in [7, 11) is 0. The Bertz CT molecular complexity index is 960. The van der Waals surface area contributed by atoms with Crippen molar-refractivity contribution >= 4 is 23.9 Å². The number of nitrogens with zero attached hydrogens (tertiary/aromatic N) is 1. The Morgan fingerprint density at radius 3 is 2.32 bits per heavy atom. The molecule has 0 aliphatic rings. The van der Waals surface area contributed by atoms with Crippen molar-refractivity contribution in [3.8, 4) is 11.3 Å². The number of aldehydes is 1. The van der Waals surface area contributed by atoms with E-state index < -0.39 is 5.97 Å². The molecule has 3 aromatic rings. The molecular formula is C22H19NO5. The van der Waals surface area contributed by atoms with Crippen LogP contribution < -0.4 is 4.90 Å². The van der Waals surface area contributed by atoms with Gasteiger partial charge >= 0.3 is 5.97 Å². The zero-order chi connectivity index (χ0) is 19.9. The lowest BCUT2D eigenvalue weighted by Gasteiger charge is -2.20. The summed E-state index contributed by atoms with van der Waals surface area (Å²) in [5.74, 6) is -0.123. The minimum atomic E-state index is -0.586. The van der Waals surface area contributed by atoms with Gasteiger partial charge in [-0.2, -0.15) is 0 Å². The van der Waals surface area contributed by atoms with Crippen LogP contribution in [0.4, 0.5) is 5.69 Å². The van der Waals surface area contributed by atoms with Crippen molar-refractivity contribution in [1.29, 1.82) is 0 Å². The van der Waals surface area contributed by atoms with Crippen LogP contribution in [0.5, 0.6) is 0 Å². The molecular weight excluding hydrogens is 358 g/mol. The van der Waals surface area contributed by atoms with Crippen LogP contribution in [0.15, 0.2) is 71.1 Å². The summed E-state index contributed by atoms with van der Waals surface area (Å²) in [6.07, 6.45) is 0.626. The van der Waals surface area contributed by atoms with Crippen molar-refractivity contribution in [1.82, 2.24) is 0 Å². The predicted octanol–water partition coefficient (Wildman–Crippen LogP) is 3.97. The smallest absolute Gasteiger partial charge is 0.338 e. The monoisotopic (exact) mass is 377 g/mol. The summed E-state index contributed by atoms with van der Waals surface area (Å²) in [6, 6.07) is 19.0. The average Bonchev–Trinajstić information content (AvgIpc) is 3.23. The molecule has 6 nitrogen and oxygen atoms in total. The summed E-state index contributed by atoms with van der Waals surface area (Å²) < 4.78 is 10.5. The van der Waals surface area contributed by atoms with Crippen LogP contribution in [0.2, 0.25) is 0 Å². The second kappa shape index (κ2) is 8.81. The number of furan rings is 1. The van der Waals surface area contributed by atoms with E-state index in [0.29, 0.717) is 24.2 Å².